The van der Waals surface area contributed by atoms with Crippen LogP contribution in [0.4, 0.5) is 0 Å². The average Bonchev–Trinajstić information content (AvgIpc) is 2.86. The minimum Gasteiger partial charge on any atom is -0.494 e. The highest BCUT2D eigenvalue weighted by molar-refractivity contribution is 5.75. The van der Waals surface area contributed by atoms with Crippen LogP contribution < -0.4 is 0 Å². The van der Waals surface area contributed by atoms with Gasteiger partial charge in [-0.25, -0.2) is 0 Å². The molecule has 1 aromatic heterocycles. The third-order valence-electron chi connectivity index (χ3n) is 5.21. The van der Waals surface area contributed by atoms with Crippen LogP contribution in [0.15, 0.2) is 0 Å². The van der Waals surface area contributed by atoms with Gasteiger partial charge in [-0.05, 0) is 37.0 Å². The second-order valence-corrected chi connectivity index (χ2v) is 6.67. The molecule has 2 atom stereocenters. The van der Waals surface area contributed by atoms with Crippen LogP contribution in [-0.4, -0.2) is 25.9 Å². The quantitative estimate of drug-likeness (QED) is 0.791. The van der Waals surface area contributed by atoms with Crippen molar-refractivity contribution in [1.29, 1.82) is 0 Å². The third-order valence-corrected chi connectivity index (χ3v) is 5.21. The molecule has 5 heteroatoms. The Bertz CT molecular complexity index is 543. The van der Waals surface area contributed by atoms with Crippen LogP contribution in [-0.2, 0) is 24.2 Å². The normalized spacial score (nSPS) is 27.1. The molecule has 1 heterocycles. The largest absolute Gasteiger partial charge is 0.494 e. The summed E-state index contributed by atoms with van der Waals surface area (Å²) >= 11 is 0. The van der Waals surface area contributed by atoms with E-state index in [1.54, 1.807) is 0 Å². The van der Waals surface area contributed by atoms with Gasteiger partial charge < -0.3 is 15.3 Å². The minimum atomic E-state index is -0.795. The van der Waals surface area contributed by atoms with E-state index in [0.717, 1.165) is 36.8 Å². The van der Waals surface area contributed by atoms with Crippen LogP contribution in [0.5, 0.6) is 11.8 Å². The second kappa shape index (κ2) is 4.17. The van der Waals surface area contributed by atoms with Crippen molar-refractivity contribution >= 4 is 5.97 Å². The van der Waals surface area contributed by atoms with Crippen LogP contribution in [0.25, 0.3) is 0 Å². The average molecular weight is 279 g/mol. The van der Waals surface area contributed by atoms with Crippen molar-refractivity contribution in [3.8, 4) is 11.8 Å². The van der Waals surface area contributed by atoms with E-state index in [4.69, 9.17) is 0 Å². The van der Waals surface area contributed by atoms with Gasteiger partial charge in [-0.1, -0.05) is 13.8 Å². The van der Waals surface area contributed by atoms with Crippen molar-refractivity contribution in [1.82, 2.24) is 4.57 Å². The predicted molar refractivity (Wildman–Crippen MR) is 72.8 cm³/mol. The minimum absolute atomic E-state index is 0.0503. The molecule has 0 radical (unpaired) electrons. The number of aromatic nitrogens is 1. The van der Waals surface area contributed by atoms with Gasteiger partial charge in [-0.15, -0.1) is 0 Å². The molecule has 0 aliphatic heterocycles. The van der Waals surface area contributed by atoms with Crippen LogP contribution in [0.3, 0.4) is 0 Å². The molecule has 2 aliphatic rings. The Morgan fingerprint density at radius 1 is 1.20 bits per heavy atom. The molecule has 110 valence electrons. The predicted octanol–water partition coefficient (Wildman–Crippen LogP) is 2.13. The number of aliphatic carboxylic acids is 1. The number of carbonyl (C=O) groups is 1. The van der Waals surface area contributed by atoms with Gasteiger partial charge in [0.05, 0.1) is 5.92 Å². The highest BCUT2D eigenvalue weighted by Crippen LogP contribution is 2.59. The van der Waals surface area contributed by atoms with Gasteiger partial charge >= 0.3 is 5.97 Å². The van der Waals surface area contributed by atoms with Gasteiger partial charge in [0.25, 0.3) is 0 Å². The summed E-state index contributed by atoms with van der Waals surface area (Å²) in [5.41, 5.74) is 1.41. The van der Waals surface area contributed by atoms with Crippen LogP contribution >= 0.6 is 0 Å². The third kappa shape index (κ3) is 1.72. The lowest BCUT2D eigenvalue weighted by molar-refractivity contribution is -0.139. The Labute approximate surface area is 117 Å². The van der Waals surface area contributed by atoms with Crippen molar-refractivity contribution in [3.05, 3.63) is 11.1 Å². The molecule has 0 aromatic carbocycles. The number of fused-ring (bicyclic) bond motifs is 1. The Kier molecular flexibility index (Phi) is 2.78. The molecule has 1 aromatic rings. The molecule has 20 heavy (non-hydrogen) atoms. The zero-order valence-electron chi connectivity index (χ0n) is 11.9. The summed E-state index contributed by atoms with van der Waals surface area (Å²) in [6.45, 7) is 4.22. The van der Waals surface area contributed by atoms with Gasteiger partial charge in [0.1, 0.15) is 0 Å². The van der Waals surface area contributed by atoms with E-state index in [2.05, 4.69) is 0 Å². The molecular formula is C15H21NO4. The SMILES string of the molecule is CC1(C)C(Cn2c(O)c3c(c2O)CCCC3)C1C(=O)O. The van der Waals surface area contributed by atoms with Crippen molar-refractivity contribution < 1.29 is 20.1 Å². The molecule has 0 spiro atoms. The number of nitrogens with zero attached hydrogens (tertiary/aromatic N) is 1. The molecule has 2 unspecified atom stereocenters. The molecule has 3 N–H and O–H groups in total. The summed E-state index contributed by atoms with van der Waals surface area (Å²) in [7, 11) is 0. The van der Waals surface area contributed by atoms with Crippen LogP contribution in [0.1, 0.15) is 37.8 Å². The number of aromatic hydroxyl groups is 2. The standard InChI is InChI=1S/C15H21NO4/c1-15(2)10(11(15)14(19)20)7-16-12(17)8-5-3-4-6-9(8)13(16)18/h10-11,17-18H,3-7H2,1-2H3,(H,19,20). The van der Waals surface area contributed by atoms with Crippen LogP contribution in [0, 0.1) is 17.3 Å². The van der Waals surface area contributed by atoms with Crippen molar-refractivity contribution in [2.45, 2.75) is 46.1 Å². The second-order valence-electron chi connectivity index (χ2n) is 6.67. The van der Waals surface area contributed by atoms with Crippen molar-refractivity contribution in [2.75, 3.05) is 0 Å². The Hall–Kier alpha value is -1.65. The maximum absolute atomic E-state index is 11.2. The van der Waals surface area contributed by atoms with Crippen molar-refractivity contribution in [2.24, 2.45) is 17.3 Å². The lowest BCUT2D eigenvalue weighted by Crippen LogP contribution is -2.05. The van der Waals surface area contributed by atoms with E-state index in [9.17, 15) is 20.1 Å². The lowest BCUT2D eigenvalue weighted by atomic mass is 9.95. The molecule has 5 nitrogen and oxygen atoms in total. The lowest BCUT2D eigenvalue weighted by Gasteiger charge is -2.09. The van der Waals surface area contributed by atoms with E-state index < -0.39 is 11.9 Å². The first kappa shape index (κ1) is 13.3. The summed E-state index contributed by atoms with van der Waals surface area (Å²) in [5.74, 6) is -0.990. The number of hydrogen-bond acceptors (Lipinski definition) is 3. The van der Waals surface area contributed by atoms with Gasteiger partial charge in [-0.3, -0.25) is 9.36 Å². The molecule has 3 rings (SSSR count). The number of hydrogen-bond donors (Lipinski definition) is 3. The number of carboxylic acid groups (broad SMARTS) is 1. The molecule has 1 saturated carbocycles. The Morgan fingerprint density at radius 3 is 2.10 bits per heavy atom. The fraction of sp³-hybridized carbons (Fsp3) is 0.667. The van der Waals surface area contributed by atoms with Gasteiger partial charge in [0.2, 0.25) is 0 Å². The van der Waals surface area contributed by atoms with E-state index in [1.807, 2.05) is 13.8 Å². The van der Waals surface area contributed by atoms with Gasteiger partial charge in [-0.2, -0.15) is 0 Å². The molecule has 0 bridgehead atoms. The fourth-order valence-corrected chi connectivity index (χ4v) is 3.77. The van der Waals surface area contributed by atoms with Crippen LogP contribution in [0.2, 0.25) is 0 Å². The Morgan fingerprint density at radius 2 is 1.70 bits per heavy atom. The summed E-state index contributed by atoms with van der Waals surface area (Å²) in [4.78, 5) is 11.2. The smallest absolute Gasteiger partial charge is 0.307 e. The maximum Gasteiger partial charge on any atom is 0.307 e. The monoisotopic (exact) mass is 279 g/mol. The number of rotatable bonds is 3. The number of carboxylic acids is 1. The zero-order valence-corrected chi connectivity index (χ0v) is 11.9. The molecule has 2 aliphatic carbocycles. The molecule has 0 amide bonds. The van der Waals surface area contributed by atoms with E-state index in [-0.39, 0.29) is 23.1 Å². The van der Waals surface area contributed by atoms with E-state index >= 15 is 0 Å². The topological polar surface area (TPSA) is 82.7 Å². The summed E-state index contributed by atoms with van der Waals surface area (Å²) < 4.78 is 1.51. The summed E-state index contributed by atoms with van der Waals surface area (Å²) in [6, 6.07) is 0. The first-order valence-corrected chi connectivity index (χ1v) is 7.20. The summed E-state index contributed by atoms with van der Waals surface area (Å²) in [6.07, 6.45) is 3.63. The highest BCUT2D eigenvalue weighted by Gasteiger charge is 2.62. The Balaban J connectivity index is 1.90. The fourth-order valence-electron chi connectivity index (χ4n) is 3.77. The molecule has 1 fully saturated rings. The summed E-state index contributed by atoms with van der Waals surface area (Å²) in [5, 5.41) is 29.8. The maximum atomic E-state index is 11.2. The van der Waals surface area contributed by atoms with E-state index in [1.165, 1.54) is 4.57 Å². The van der Waals surface area contributed by atoms with Gasteiger partial charge in [0, 0.05) is 17.7 Å². The zero-order chi connectivity index (χ0) is 14.7. The van der Waals surface area contributed by atoms with Crippen molar-refractivity contribution in [3.63, 3.8) is 0 Å². The molecular weight excluding hydrogens is 258 g/mol. The first-order valence-electron chi connectivity index (χ1n) is 7.20. The van der Waals surface area contributed by atoms with Gasteiger partial charge in [0.15, 0.2) is 11.8 Å². The highest BCUT2D eigenvalue weighted by atomic mass is 16.4. The van der Waals surface area contributed by atoms with E-state index in [0.29, 0.717) is 6.54 Å². The first-order chi connectivity index (χ1) is 9.35. The molecule has 0 saturated heterocycles.